The Kier molecular flexibility index (Phi) is 0.834. The smallest absolute Gasteiger partial charge is 0.267 e. The predicted molar refractivity (Wildman–Crippen MR) is 23.0 cm³/mol. The van der Waals surface area contributed by atoms with E-state index in [-0.39, 0.29) is 5.91 Å². The van der Waals surface area contributed by atoms with Gasteiger partial charge in [0.15, 0.2) is 6.73 Å². The number of amides is 1. The number of carbonyl (C=O) groups excluding carboxylic acids is 1. The van der Waals surface area contributed by atoms with Gasteiger partial charge in [-0.25, -0.2) is 4.84 Å². The Morgan fingerprint density at radius 2 is 2.57 bits per heavy atom. The predicted octanol–water partition coefficient (Wildman–Crippen LogP) is -0.0963. The molecular weight excluding hydrogens is 94.0 g/mol. The molecule has 1 amide bonds. The Bertz CT molecular complexity index is 106. The van der Waals surface area contributed by atoms with Gasteiger partial charge in [0, 0.05) is 0 Å². The highest BCUT2D eigenvalue weighted by atomic mass is 16.8. The van der Waals surface area contributed by atoms with Gasteiger partial charge in [-0.1, -0.05) is 6.58 Å². The van der Waals surface area contributed by atoms with Crippen LogP contribution in [0, 0.1) is 0 Å². The summed E-state index contributed by atoms with van der Waals surface area (Å²) in [7, 11) is 0. The minimum absolute atomic E-state index is 0.167. The Morgan fingerprint density at radius 1 is 2.00 bits per heavy atom. The van der Waals surface area contributed by atoms with Crippen LogP contribution in [0.25, 0.3) is 0 Å². The number of hydroxylamine groups is 2. The van der Waals surface area contributed by atoms with Gasteiger partial charge in [0.25, 0.3) is 5.91 Å². The molecule has 1 heterocycles. The average molecular weight is 99.1 g/mol. The minimum atomic E-state index is -0.167. The van der Waals surface area contributed by atoms with Crippen LogP contribution in [0.4, 0.5) is 0 Å². The summed E-state index contributed by atoms with van der Waals surface area (Å²) in [6.45, 7) is 3.67. The maximum atomic E-state index is 10.3. The molecule has 7 heavy (non-hydrogen) atoms. The third kappa shape index (κ3) is 0.778. The lowest BCUT2D eigenvalue weighted by Crippen LogP contribution is -2.03. The zero-order valence-corrected chi connectivity index (χ0v) is 3.76. The van der Waals surface area contributed by atoms with Crippen molar-refractivity contribution in [1.82, 2.24) is 5.06 Å². The van der Waals surface area contributed by atoms with Crippen molar-refractivity contribution < 1.29 is 9.63 Å². The number of carbonyl (C=O) groups is 1. The summed E-state index contributed by atoms with van der Waals surface area (Å²) in [5, 5.41) is 1.22. The quantitative estimate of drug-likeness (QED) is 0.340. The van der Waals surface area contributed by atoms with Crippen LogP contribution in [0.2, 0.25) is 0 Å². The molecule has 0 aromatic heterocycles. The molecule has 1 aliphatic heterocycles. The van der Waals surface area contributed by atoms with Gasteiger partial charge in [-0.2, -0.15) is 5.06 Å². The third-order valence-corrected chi connectivity index (χ3v) is 0.679. The zero-order valence-electron chi connectivity index (χ0n) is 3.76. The standard InChI is InChI=1S/C4H5NO2/c1-2-4(6)5-3-7-5/h2H,1,3H2. The van der Waals surface area contributed by atoms with Crippen LogP contribution < -0.4 is 0 Å². The van der Waals surface area contributed by atoms with Crippen LogP contribution in [0.5, 0.6) is 0 Å². The van der Waals surface area contributed by atoms with E-state index >= 15 is 0 Å². The van der Waals surface area contributed by atoms with Crippen LogP contribution in [0.1, 0.15) is 0 Å². The van der Waals surface area contributed by atoms with Crippen molar-refractivity contribution in [3.63, 3.8) is 0 Å². The summed E-state index contributed by atoms with van der Waals surface area (Å²) in [6, 6.07) is 0. The van der Waals surface area contributed by atoms with Gasteiger partial charge in [-0.3, -0.25) is 4.79 Å². The zero-order chi connectivity index (χ0) is 5.28. The van der Waals surface area contributed by atoms with E-state index in [1.165, 1.54) is 11.1 Å². The normalized spacial score (nSPS) is 16.3. The molecule has 0 atom stereocenters. The highest BCUT2D eigenvalue weighted by Gasteiger charge is 2.22. The van der Waals surface area contributed by atoms with Gasteiger partial charge in [0.2, 0.25) is 0 Å². The first-order valence-electron chi connectivity index (χ1n) is 1.91. The molecule has 1 aliphatic rings. The molecule has 3 nitrogen and oxygen atoms in total. The molecule has 0 radical (unpaired) electrons. The van der Waals surface area contributed by atoms with E-state index in [4.69, 9.17) is 0 Å². The van der Waals surface area contributed by atoms with E-state index in [0.717, 1.165) is 0 Å². The summed E-state index contributed by atoms with van der Waals surface area (Å²) in [5.74, 6) is -0.167. The van der Waals surface area contributed by atoms with Gasteiger partial charge < -0.3 is 0 Å². The number of rotatable bonds is 1. The van der Waals surface area contributed by atoms with Crippen molar-refractivity contribution in [2.75, 3.05) is 6.73 Å². The summed E-state index contributed by atoms with van der Waals surface area (Å²) < 4.78 is 0. The van der Waals surface area contributed by atoms with Crippen LogP contribution >= 0.6 is 0 Å². The first kappa shape index (κ1) is 4.33. The molecule has 3 heteroatoms. The fourth-order valence-corrected chi connectivity index (χ4v) is 0.258. The van der Waals surface area contributed by atoms with E-state index in [0.29, 0.717) is 6.73 Å². The summed E-state index contributed by atoms with van der Waals surface area (Å²) in [4.78, 5) is 14.7. The molecule has 1 rings (SSSR count). The molecule has 0 aromatic rings. The van der Waals surface area contributed by atoms with Gasteiger partial charge in [-0.15, -0.1) is 0 Å². The highest BCUT2D eigenvalue weighted by molar-refractivity contribution is 5.86. The van der Waals surface area contributed by atoms with Crippen molar-refractivity contribution in [2.45, 2.75) is 0 Å². The molecule has 0 unspecified atom stereocenters. The molecule has 38 valence electrons. The van der Waals surface area contributed by atoms with E-state index in [1.807, 2.05) is 0 Å². The SMILES string of the molecule is C=CC(=O)N1CO1. The van der Waals surface area contributed by atoms with Crippen molar-refractivity contribution in [2.24, 2.45) is 0 Å². The minimum Gasteiger partial charge on any atom is -0.267 e. The fourth-order valence-electron chi connectivity index (χ4n) is 0.258. The number of nitrogens with zero attached hydrogens (tertiary/aromatic N) is 1. The van der Waals surface area contributed by atoms with E-state index in [2.05, 4.69) is 11.4 Å². The molecule has 0 N–H and O–H groups in total. The summed E-state index contributed by atoms with van der Waals surface area (Å²) >= 11 is 0. The maximum absolute atomic E-state index is 10.3. The summed E-state index contributed by atoms with van der Waals surface area (Å²) in [6.07, 6.45) is 1.22. The first-order valence-corrected chi connectivity index (χ1v) is 1.91. The number of hydrogen-bond acceptors (Lipinski definition) is 2. The molecule has 0 aliphatic carbocycles. The molecule has 1 saturated heterocycles. The fraction of sp³-hybridized carbons (Fsp3) is 0.250. The van der Waals surface area contributed by atoms with E-state index < -0.39 is 0 Å². The molecule has 0 bridgehead atoms. The van der Waals surface area contributed by atoms with E-state index in [9.17, 15) is 4.79 Å². The second kappa shape index (κ2) is 1.35. The molecule has 0 spiro atoms. The molecule has 0 aromatic carbocycles. The monoisotopic (exact) mass is 99.0 g/mol. The Labute approximate surface area is 41.1 Å². The van der Waals surface area contributed by atoms with Gasteiger partial charge in [0.05, 0.1) is 0 Å². The van der Waals surface area contributed by atoms with Crippen molar-refractivity contribution in [1.29, 1.82) is 0 Å². The maximum Gasteiger partial charge on any atom is 0.271 e. The second-order valence-electron chi connectivity index (χ2n) is 1.18. The summed E-state index contributed by atoms with van der Waals surface area (Å²) in [5.41, 5.74) is 0. The Balaban J connectivity index is 2.37. The van der Waals surface area contributed by atoms with E-state index in [1.54, 1.807) is 0 Å². The van der Waals surface area contributed by atoms with Gasteiger partial charge in [0.1, 0.15) is 0 Å². The van der Waals surface area contributed by atoms with Crippen LogP contribution in [-0.4, -0.2) is 17.7 Å². The topological polar surface area (TPSA) is 32.6 Å². The highest BCUT2D eigenvalue weighted by Crippen LogP contribution is 2.05. The van der Waals surface area contributed by atoms with Crippen molar-refractivity contribution in [3.8, 4) is 0 Å². The Hall–Kier alpha value is -0.830. The lowest BCUT2D eigenvalue weighted by atomic mass is 10.6. The third-order valence-electron chi connectivity index (χ3n) is 0.679. The second-order valence-corrected chi connectivity index (χ2v) is 1.18. The van der Waals surface area contributed by atoms with Crippen molar-refractivity contribution in [3.05, 3.63) is 12.7 Å². The number of hydrogen-bond donors (Lipinski definition) is 0. The lowest BCUT2D eigenvalue weighted by Gasteiger charge is -1.82. The Morgan fingerprint density at radius 3 is 2.71 bits per heavy atom. The van der Waals surface area contributed by atoms with Crippen LogP contribution in [-0.2, 0) is 9.63 Å². The van der Waals surface area contributed by atoms with Gasteiger partial charge >= 0.3 is 0 Å². The van der Waals surface area contributed by atoms with Crippen LogP contribution in [0.15, 0.2) is 12.7 Å². The van der Waals surface area contributed by atoms with Crippen LogP contribution in [0.3, 0.4) is 0 Å². The molecule has 1 fully saturated rings. The largest absolute Gasteiger partial charge is 0.271 e. The van der Waals surface area contributed by atoms with Crippen molar-refractivity contribution >= 4 is 5.91 Å². The van der Waals surface area contributed by atoms with Gasteiger partial charge in [-0.05, 0) is 6.08 Å². The molecular formula is C4H5NO2. The first-order chi connectivity index (χ1) is 3.34. The average Bonchev–Trinajstić information content (AvgIpc) is 2.44. The molecule has 0 saturated carbocycles. The lowest BCUT2D eigenvalue weighted by molar-refractivity contribution is -0.126.